The minimum absolute atomic E-state index is 0.00445. The van der Waals surface area contributed by atoms with Crippen LogP contribution in [0.3, 0.4) is 0 Å². The molecule has 0 bridgehead atoms. The van der Waals surface area contributed by atoms with E-state index in [0.29, 0.717) is 48.8 Å². The number of rotatable bonds is 6. The van der Waals surface area contributed by atoms with Gasteiger partial charge in [-0.15, -0.1) is 0 Å². The SMILES string of the molecule is O=C(CN1CCN(c2cccc(Cl)c2)C1=O)N1CCCC(Cc2nc(C3CC3)no2)C1. The molecule has 8 nitrogen and oxygen atoms in total. The van der Waals surface area contributed by atoms with E-state index in [1.165, 1.54) is 0 Å². The van der Waals surface area contributed by atoms with Gasteiger partial charge in [-0.25, -0.2) is 4.79 Å². The summed E-state index contributed by atoms with van der Waals surface area (Å²) in [5, 5.41) is 4.68. The van der Waals surface area contributed by atoms with Crippen LogP contribution < -0.4 is 4.90 Å². The van der Waals surface area contributed by atoms with Crippen molar-refractivity contribution in [3.63, 3.8) is 0 Å². The molecule has 0 spiro atoms. The van der Waals surface area contributed by atoms with Crippen molar-refractivity contribution in [1.82, 2.24) is 19.9 Å². The van der Waals surface area contributed by atoms with E-state index in [0.717, 1.165) is 43.7 Å². The van der Waals surface area contributed by atoms with Crippen LogP contribution in [0, 0.1) is 5.92 Å². The molecule has 1 saturated carbocycles. The minimum atomic E-state index is -0.150. The summed E-state index contributed by atoms with van der Waals surface area (Å²) in [6.45, 7) is 2.58. The van der Waals surface area contributed by atoms with E-state index < -0.39 is 0 Å². The Hall–Kier alpha value is -2.61. The summed E-state index contributed by atoms with van der Waals surface area (Å²) < 4.78 is 5.42. The molecular formula is C22H26ClN5O3. The van der Waals surface area contributed by atoms with Gasteiger partial charge in [-0.1, -0.05) is 22.8 Å². The van der Waals surface area contributed by atoms with Gasteiger partial charge in [0.05, 0.1) is 0 Å². The first-order valence-electron chi connectivity index (χ1n) is 11.0. The van der Waals surface area contributed by atoms with E-state index in [4.69, 9.17) is 16.1 Å². The average Bonchev–Trinajstić information content (AvgIpc) is 3.41. The zero-order chi connectivity index (χ0) is 21.4. The fourth-order valence-corrected chi connectivity index (χ4v) is 4.62. The zero-order valence-corrected chi connectivity index (χ0v) is 18.1. The fraction of sp³-hybridized carbons (Fsp3) is 0.545. The molecule has 3 aliphatic rings. The number of halogens is 1. The lowest BCUT2D eigenvalue weighted by Crippen LogP contribution is -2.46. The van der Waals surface area contributed by atoms with Crippen molar-refractivity contribution in [3.8, 4) is 0 Å². The highest BCUT2D eigenvalue weighted by Gasteiger charge is 2.34. The molecule has 1 aliphatic carbocycles. The second-order valence-corrected chi connectivity index (χ2v) is 9.14. The Bertz CT molecular complexity index is 976. The van der Waals surface area contributed by atoms with Gasteiger partial charge in [0.25, 0.3) is 0 Å². The quantitative estimate of drug-likeness (QED) is 0.683. The van der Waals surface area contributed by atoms with Crippen LogP contribution in [0.25, 0.3) is 0 Å². The maximum Gasteiger partial charge on any atom is 0.325 e. The number of amides is 3. The van der Waals surface area contributed by atoms with Crippen molar-refractivity contribution in [1.29, 1.82) is 0 Å². The van der Waals surface area contributed by atoms with Crippen LogP contribution in [0.5, 0.6) is 0 Å². The van der Waals surface area contributed by atoms with Gasteiger partial charge < -0.3 is 14.3 Å². The van der Waals surface area contributed by atoms with Crippen LogP contribution in [0.15, 0.2) is 28.8 Å². The van der Waals surface area contributed by atoms with Crippen molar-refractivity contribution in [3.05, 3.63) is 41.0 Å². The Kier molecular flexibility index (Phi) is 5.56. The Morgan fingerprint density at radius 1 is 1.19 bits per heavy atom. The molecule has 164 valence electrons. The van der Waals surface area contributed by atoms with Crippen LogP contribution in [0.1, 0.15) is 43.3 Å². The van der Waals surface area contributed by atoms with Crippen LogP contribution in [0.2, 0.25) is 5.02 Å². The number of aromatic nitrogens is 2. The first kappa shape index (κ1) is 20.3. The maximum atomic E-state index is 12.9. The smallest absolute Gasteiger partial charge is 0.325 e. The number of hydrogen-bond donors (Lipinski definition) is 0. The van der Waals surface area contributed by atoms with Gasteiger partial charge in [0.15, 0.2) is 5.82 Å². The number of piperidine rings is 1. The third-order valence-electron chi connectivity index (χ3n) is 6.30. The van der Waals surface area contributed by atoms with E-state index >= 15 is 0 Å². The summed E-state index contributed by atoms with van der Waals surface area (Å²) in [6.07, 6.45) is 4.98. The second kappa shape index (κ2) is 8.49. The lowest BCUT2D eigenvalue weighted by Gasteiger charge is -2.33. The highest BCUT2D eigenvalue weighted by molar-refractivity contribution is 6.30. The maximum absolute atomic E-state index is 12.9. The van der Waals surface area contributed by atoms with Gasteiger partial charge in [-0.05, 0) is 49.8 Å². The monoisotopic (exact) mass is 443 g/mol. The number of benzene rings is 1. The number of carbonyl (C=O) groups is 2. The van der Waals surface area contributed by atoms with Crippen LogP contribution in [0.4, 0.5) is 10.5 Å². The molecule has 1 aromatic heterocycles. The molecule has 3 fully saturated rings. The van der Waals surface area contributed by atoms with E-state index in [1.807, 2.05) is 17.0 Å². The highest BCUT2D eigenvalue weighted by Crippen LogP contribution is 2.38. The lowest BCUT2D eigenvalue weighted by molar-refractivity contribution is -0.133. The third-order valence-corrected chi connectivity index (χ3v) is 6.54. The molecule has 0 N–H and O–H groups in total. The van der Waals surface area contributed by atoms with Gasteiger partial charge in [0.1, 0.15) is 6.54 Å². The predicted molar refractivity (Wildman–Crippen MR) is 115 cm³/mol. The molecule has 5 rings (SSSR count). The average molecular weight is 444 g/mol. The molecule has 0 radical (unpaired) electrons. The largest absolute Gasteiger partial charge is 0.341 e. The predicted octanol–water partition coefficient (Wildman–Crippen LogP) is 3.32. The van der Waals surface area contributed by atoms with E-state index in [2.05, 4.69) is 10.1 Å². The fourth-order valence-electron chi connectivity index (χ4n) is 4.44. The molecule has 2 aromatic rings. The summed E-state index contributed by atoms with van der Waals surface area (Å²) >= 11 is 6.06. The second-order valence-electron chi connectivity index (χ2n) is 8.71. The molecule has 2 aliphatic heterocycles. The van der Waals surface area contributed by atoms with Crippen LogP contribution >= 0.6 is 11.6 Å². The number of likely N-dealkylation sites (tertiary alicyclic amines) is 1. The van der Waals surface area contributed by atoms with Crippen molar-refractivity contribution in [2.24, 2.45) is 5.92 Å². The number of anilines is 1. The third kappa shape index (κ3) is 4.54. The molecule has 1 atom stereocenters. The normalized spacial score (nSPS) is 21.8. The van der Waals surface area contributed by atoms with Crippen molar-refractivity contribution >= 4 is 29.2 Å². The van der Waals surface area contributed by atoms with Gasteiger partial charge in [-0.3, -0.25) is 9.69 Å². The molecule has 1 aromatic carbocycles. The number of nitrogens with zero attached hydrogens (tertiary/aromatic N) is 5. The first-order valence-corrected chi connectivity index (χ1v) is 11.4. The van der Waals surface area contributed by atoms with Crippen molar-refractivity contribution < 1.29 is 14.1 Å². The van der Waals surface area contributed by atoms with Gasteiger partial charge in [0, 0.05) is 49.2 Å². The van der Waals surface area contributed by atoms with E-state index in [1.54, 1.807) is 21.9 Å². The number of carbonyl (C=O) groups excluding carboxylic acids is 2. The van der Waals surface area contributed by atoms with E-state index in [-0.39, 0.29) is 18.5 Å². The number of urea groups is 1. The molecular weight excluding hydrogens is 418 g/mol. The molecule has 1 unspecified atom stereocenters. The first-order chi connectivity index (χ1) is 15.1. The van der Waals surface area contributed by atoms with Crippen molar-refractivity contribution in [2.45, 2.75) is 38.0 Å². The minimum Gasteiger partial charge on any atom is -0.341 e. The lowest BCUT2D eigenvalue weighted by atomic mass is 9.94. The standard InChI is InChI=1S/C22H26ClN5O3/c23-17-4-1-5-18(12-17)28-10-9-27(22(28)30)14-20(29)26-8-2-3-15(13-26)11-19-24-21(25-31-19)16-6-7-16/h1,4-5,12,15-16H,2-3,6-11,13-14H2. The summed E-state index contributed by atoms with van der Waals surface area (Å²) in [5.41, 5.74) is 0.760. The highest BCUT2D eigenvalue weighted by atomic mass is 35.5. The number of hydrogen-bond acceptors (Lipinski definition) is 5. The summed E-state index contributed by atoms with van der Waals surface area (Å²) in [7, 11) is 0. The van der Waals surface area contributed by atoms with Gasteiger partial charge >= 0.3 is 6.03 Å². The molecule has 2 saturated heterocycles. The van der Waals surface area contributed by atoms with Crippen LogP contribution in [-0.2, 0) is 11.2 Å². The van der Waals surface area contributed by atoms with Gasteiger partial charge in [0.2, 0.25) is 11.8 Å². The van der Waals surface area contributed by atoms with Crippen LogP contribution in [-0.4, -0.2) is 64.6 Å². The summed E-state index contributed by atoms with van der Waals surface area (Å²) in [5.74, 6) is 2.28. The Morgan fingerprint density at radius 2 is 2.06 bits per heavy atom. The summed E-state index contributed by atoms with van der Waals surface area (Å²) in [6, 6.07) is 7.08. The Balaban J connectivity index is 1.16. The molecule has 9 heteroatoms. The molecule has 31 heavy (non-hydrogen) atoms. The van der Waals surface area contributed by atoms with Crippen molar-refractivity contribution in [2.75, 3.05) is 37.6 Å². The zero-order valence-electron chi connectivity index (χ0n) is 17.4. The van der Waals surface area contributed by atoms with Gasteiger partial charge in [-0.2, -0.15) is 4.98 Å². The molecule has 3 heterocycles. The Morgan fingerprint density at radius 3 is 2.87 bits per heavy atom. The topological polar surface area (TPSA) is 82.8 Å². The van der Waals surface area contributed by atoms with E-state index in [9.17, 15) is 9.59 Å². The molecule has 3 amide bonds. The summed E-state index contributed by atoms with van der Waals surface area (Å²) in [4.78, 5) is 35.4. The Labute approximate surface area is 186 Å².